The van der Waals surface area contributed by atoms with Crippen LogP contribution >= 0.6 is 0 Å². The van der Waals surface area contributed by atoms with Gasteiger partial charge in [-0.05, 0) is 55.8 Å². The molecular weight excluding hydrogens is 356 g/mol. The molecule has 0 saturated carbocycles. The second-order valence-corrected chi connectivity index (χ2v) is 5.96. The summed E-state index contributed by atoms with van der Waals surface area (Å²) in [6, 6.07) is 16.1. The number of hydrogen-bond donors (Lipinski definition) is 1. The molecule has 2 aromatic carbocycles. The number of amides is 1. The van der Waals surface area contributed by atoms with Gasteiger partial charge in [0, 0.05) is 0 Å². The fourth-order valence-electron chi connectivity index (χ4n) is 2.36. The van der Waals surface area contributed by atoms with Crippen LogP contribution in [-0.4, -0.2) is 32.5 Å². The van der Waals surface area contributed by atoms with E-state index in [1.165, 1.54) is 6.33 Å². The van der Waals surface area contributed by atoms with Crippen LogP contribution in [0.15, 0.2) is 66.3 Å². The predicted molar refractivity (Wildman–Crippen MR) is 103 cm³/mol. The zero-order valence-corrected chi connectivity index (χ0v) is 15.4. The third kappa shape index (κ3) is 4.59. The minimum atomic E-state index is -0.737. The van der Waals surface area contributed by atoms with Gasteiger partial charge in [-0.2, -0.15) is 15.5 Å². The van der Waals surface area contributed by atoms with Crippen LogP contribution in [0.3, 0.4) is 0 Å². The van der Waals surface area contributed by atoms with Gasteiger partial charge >= 0.3 is 0 Å². The summed E-state index contributed by atoms with van der Waals surface area (Å²) in [5.74, 6) is 0.133. The summed E-state index contributed by atoms with van der Waals surface area (Å²) >= 11 is 0. The van der Waals surface area contributed by atoms with Gasteiger partial charge in [0.1, 0.15) is 18.4 Å². The van der Waals surface area contributed by atoms with Crippen molar-refractivity contribution < 1.29 is 9.53 Å². The second kappa shape index (κ2) is 8.60. The van der Waals surface area contributed by atoms with Crippen molar-refractivity contribution in [3.8, 4) is 17.5 Å². The van der Waals surface area contributed by atoms with Gasteiger partial charge in [0.15, 0.2) is 6.10 Å². The van der Waals surface area contributed by atoms with E-state index in [1.54, 1.807) is 49.1 Å². The zero-order valence-electron chi connectivity index (χ0n) is 15.4. The van der Waals surface area contributed by atoms with Gasteiger partial charge in [0.25, 0.3) is 5.91 Å². The third-order valence-corrected chi connectivity index (χ3v) is 3.97. The van der Waals surface area contributed by atoms with Crippen LogP contribution in [0.1, 0.15) is 25.0 Å². The molecule has 3 aromatic rings. The number of carbonyl (C=O) groups is 1. The first-order valence-electron chi connectivity index (χ1n) is 8.53. The topological polar surface area (TPSA) is 105 Å². The molecule has 140 valence electrons. The van der Waals surface area contributed by atoms with Crippen molar-refractivity contribution in [2.24, 2.45) is 5.10 Å². The van der Waals surface area contributed by atoms with Crippen molar-refractivity contribution in [2.75, 3.05) is 0 Å². The number of nitrogens with one attached hydrogen (secondary N) is 1. The molecule has 8 heteroatoms. The molecule has 28 heavy (non-hydrogen) atoms. The largest absolute Gasteiger partial charge is 0.481 e. The number of hydrogen-bond acceptors (Lipinski definition) is 6. The van der Waals surface area contributed by atoms with Crippen molar-refractivity contribution in [3.63, 3.8) is 0 Å². The van der Waals surface area contributed by atoms with Crippen LogP contribution < -0.4 is 10.2 Å². The van der Waals surface area contributed by atoms with E-state index < -0.39 is 6.10 Å². The normalized spacial score (nSPS) is 12.1. The van der Waals surface area contributed by atoms with Crippen LogP contribution in [0.5, 0.6) is 5.75 Å². The highest BCUT2D eigenvalue weighted by Gasteiger charge is 2.14. The molecule has 1 aromatic heterocycles. The maximum Gasteiger partial charge on any atom is 0.280 e. The van der Waals surface area contributed by atoms with Crippen molar-refractivity contribution >= 4 is 11.6 Å². The van der Waals surface area contributed by atoms with E-state index in [-0.39, 0.29) is 5.91 Å². The van der Waals surface area contributed by atoms with E-state index >= 15 is 0 Å². The number of nitrogens with zero attached hydrogens (tertiary/aromatic N) is 5. The lowest BCUT2D eigenvalue weighted by atomic mass is 10.1. The molecule has 0 spiro atoms. The summed E-state index contributed by atoms with van der Waals surface area (Å²) in [5, 5.41) is 17.0. The van der Waals surface area contributed by atoms with Crippen LogP contribution in [0.4, 0.5) is 0 Å². The van der Waals surface area contributed by atoms with Crippen LogP contribution in [-0.2, 0) is 4.79 Å². The van der Waals surface area contributed by atoms with Gasteiger partial charge in [-0.15, -0.1) is 0 Å². The maximum absolute atomic E-state index is 12.2. The zero-order chi connectivity index (χ0) is 19.9. The second-order valence-electron chi connectivity index (χ2n) is 5.96. The van der Waals surface area contributed by atoms with Gasteiger partial charge in [0.05, 0.1) is 23.0 Å². The first kappa shape index (κ1) is 18.8. The van der Waals surface area contributed by atoms with E-state index in [0.717, 1.165) is 11.3 Å². The Kier molecular flexibility index (Phi) is 5.77. The minimum absolute atomic E-state index is 0.372. The Labute approximate surface area is 162 Å². The highest BCUT2D eigenvalue weighted by Crippen LogP contribution is 2.13. The van der Waals surface area contributed by atoms with E-state index in [9.17, 15) is 4.79 Å². The van der Waals surface area contributed by atoms with Gasteiger partial charge < -0.3 is 4.74 Å². The molecule has 1 N–H and O–H groups in total. The fourth-order valence-corrected chi connectivity index (χ4v) is 2.36. The molecule has 0 fully saturated rings. The van der Waals surface area contributed by atoms with E-state index in [4.69, 9.17) is 10.00 Å². The Morgan fingerprint density at radius 2 is 1.93 bits per heavy atom. The summed E-state index contributed by atoms with van der Waals surface area (Å²) in [7, 11) is 0. The number of hydrazone groups is 1. The number of ether oxygens (including phenoxy) is 1. The summed E-state index contributed by atoms with van der Waals surface area (Å²) < 4.78 is 7.22. The monoisotopic (exact) mass is 374 g/mol. The van der Waals surface area contributed by atoms with E-state index in [2.05, 4.69) is 20.6 Å². The smallest absolute Gasteiger partial charge is 0.280 e. The summed E-state index contributed by atoms with van der Waals surface area (Å²) in [5.41, 5.74) is 5.44. The number of carbonyl (C=O) groups excluding carboxylic acids is 1. The van der Waals surface area contributed by atoms with Gasteiger partial charge in [-0.3, -0.25) is 4.79 Å². The standard InChI is InChI=1S/C20H18N6O2/c1-14(17-5-7-18(8-6-17)26-13-22-12-23-26)24-25-20(27)15(2)28-19-9-3-16(11-21)4-10-19/h3-10,12-13,15H,1-2H3,(H,25,27)/b24-14+. The molecule has 1 heterocycles. The lowest BCUT2D eigenvalue weighted by Crippen LogP contribution is -2.33. The summed E-state index contributed by atoms with van der Waals surface area (Å²) in [4.78, 5) is 16.1. The highest BCUT2D eigenvalue weighted by atomic mass is 16.5. The molecular formula is C20H18N6O2. The Hall–Kier alpha value is -3.99. The molecule has 1 amide bonds. The maximum atomic E-state index is 12.2. The average molecular weight is 374 g/mol. The van der Waals surface area contributed by atoms with Crippen molar-refractivity contribution in [2.45, 2.75) is 20.0 Å². The minimum Gasteiger partial charge on any atom is -0.481 e. The fraction of sp³-hybridized carbons (Fsp3) is 0.150. The highest BCUT2D eigenvalue weighted by molar-refractivity contribution is 5.99. The molecule has 1 atom stereocenters. The first-order chi connectivity index (χ1) is 13.6. The molecule has 0 aliphatic carbocycles. The van der Waals surface area contributed by atoms with Crippen LogP contribution in [0, 0.1) is 11.3 Å². The van der Waals surface area contributed by atoms with Crippen molar-refractivity contribution in [1.82, 2.24) is 20.2 Å². The number of benzene rings is 2. The molecule has 8 nitrogen and oxygen atoms in total. The van der Waals surface area contributed by atoms with Gasteiger partial charge in [-0.25, -0.2) is 15.1 Å². The molecule has 0 bridgehead atoms. The number of nitriles is 1. The molecule has 0 aliphatic rings. The third-order valence-electron chi connectivity index (χ3n) is 3.97. The summed E-state index contributed by atoms with van der Waals surface area (Å²) in [6.45, 7) is 3.43. The molecule has 1 unspecified atom stereocenters. The lowest BCUT2D eigenvalue weighted by Gasteiger charge is -2.13. The predicted octanol–water partition coefficient (Wildman–Crippen LogP) is 2.45. The SMILES string of the molecule is C/C(=N\NC(=O)C(C)Oc1ccc(C#N)cc1)c1ccc(-n2cncn2)cc1. The average Bonchev–Trinajstić information content (AvgIpc) is 3.27. The molecule has 0 saturated heterocycles. The lowest BCUT2D eigenvalue weighted by molar-refractivity contribution is -0.127. The van der Waals surface area contributed by atoms with Crippen LogP contribution in [0.25, 0.3) is 5.69 Å². The molecule has 0 aliphatic heterocycles. The molecule has 0 radical (unpaired) electrons. The Morgan fingerprint density at radius 3 is 2.54 bits per heavy atom. The molecule has 3 rings (SSSR count). The Balaban J connectivity index is 1.58. The van der Waals surface area contributed by atoms with E-state index in [1.807, 2.05) is 30.3 Å². The van der Waals surface area contributed by atoms with Gasteiger partial charge in [0.2, 0.25) is 0 Å². The number of rotatable bonds is 6. The van der Waals surface area contributed by atoms with Gasteiger partial charge in [-0.1, -0.05) is 12.1 Å². The van der Waals surface area contributed by atoms with E-state index in [0.29, 0.717) is 17.0 Å². The Morgan fingerprint density at radius 1 is 1.21 bits per heavy atom. The quantitative estimate of drug-likeness (QED) is 0.527. The van der Waals surface area contributed by atoms with Crippen molar-refractivity contribution in [3.05, 3.63) is 72.3 Å². The number of aromatic nitrogens is 3. The Bertz CT molecular complexity index is 1000. The van der Waals surface area contributed by atoms with Crippen LogP contribution in [0.2, 0.25) is 0 Å². The summed E-state index contributed by atoms with van der Waals surface area (Å²) in [6.07, 6.45) is 2.35. The van der Waals surface area contributed by atoms with Crippen molar-refractivity contribution in [1.29, 1.82) is 5.26 Å². The first-order valence-corrected chi connectivity index (χ1v) is 8.53.